The molecule has 116 valence electrons. The van der Waals surface area contributed by atoms with Crippen LogP contribution in [-0.4, -0.2) is 39.0 Å². The molecule has 0 saturated heterocycles. The number of hydrogen-bond donors (Lipinski definition) is 2. The fourth-order valence-corrected chi connectivity index (χ4v) is 2.83. The molecule has 21 heavy (non-hydrogen) atoms. The summed E-state index contributed by atoms with van der Waals surface area (Å²) in [6.45, 7) is 1.88. The summed E-state index contributed by atoms with van der Waals surface area (Å²) >= 11 is 0. The predicted molar refractivity (Wildman–Crippen MR) is 80.3 cm³/mol. The summed E-state index contributed by atoms with van der Waals surface area (Å²) in [7, 11) is -1.94. The summed E-state index contributed by atoms with van der Waals surface area (Å²) in [5.74, 6) is -1.11. The molecule has 7 heteroatoms. The number of sulfonamides is 1. The Bertz CT molecular complexity index is 592. The zero-order chi connectivity index (χ0) is 15.9. The molecule has 1 unspecified atom stereocenters. The maximum Gasteiger partial charge on any atom is 0.328 e. The van der Waals surface area contributed by atoms with Gasteiger partial charge in [-0.2, -0.15) is 0 Å². The molecule has 0 aromatic heterocycles. The van der Waals surface area contributed by atoms with Crippen LogP contribution in [0.1, 0.15) is 24.1 Å². The molecule has 0 saturated carbocycles. The van der Waals surface area contributed by atoms with Gasteiger partial charge in [0.25, 0.3) is 0 Å². The van der Waals surface area contributed by atoms with Crippen LogP contribution in [0.25, 0.3) is 6.08 Å². The van der Waals surface area contributed by atoms with Crippen LogP contribution in [-0.2, 0) is 19.6 Å². The van der Waals surface area contributed by atoms with Gasteiger partial charge in [0.1, 0.15) is 0 Å². The molecule has 1 aromatic rings. The lowest BCUT2D eigenvalue weighted by Gasteiger charge is -2.14. The third kappa shape index (κ3) is 6.52. The first kappa shape index (κ1) is 17.4. The van der Waals surface area contributed by atoms with Crippen molar-refractivity contribution in [3.05, 3.63) is 41.5 Å². The summed E-state index contributed by atoms with van der Waals surface area (Å²) < 4.78 is 30.8. The molecule has 0 fully saturated rings. The third-order valence-corrected chi connectivity index (χ3v) is 4.18. The van der Waals surface area contributed by atoms with E-state index in [4.69, 9.17) is 9.84 Å². The smallest absolute Gasteiger partial charge is 0.328 e. The Morgan fingerprint density at radius 1 is 1.38 bits per heavy atom. The summed E-state index contributed by atoms with van der Waals surface area (Å²) in [5.41, 5.74) is 1.53. The average molecular weight is 313 g/mol. The van der Waals surface area contributed by atoms with Crippen LogP contribution < -0.4 is 4.72 Å². The van der Waals surface area contributed by atoms with Gasteiger partial charge >= 0.3 is 5.97 Å². The van der Waals surface area contributed by atoms with E-state index in [0.717, 1.165) is 17.2 Å². The Morgan fingerprint density at radius 2 is 2.00 bits per heavy atom. The van der Waals surface area contributed by atoms with E-state index in [2.05, 4.69) is 4.72 Å². The van der Waals surface area contributed by atoms with E-state index in [0.29, 0.717) is 0 Å². The molecule has 0 aliphatic rings. The molecule has 0 spiro atoms. The number of aliphatic carboxylic acids is 1. The molecule has 0 heterocycles. The zero-order valence-corrected chi connectivity index (χ0v) is 12.8. The largest absolute Gasteiger partial charge is 0.478 e. The van der Waals surface area contributed by atoms with Crippen molar-refractivity contribution in [2.24, 2.45) is 0 Å². The third-order valence-electron chi connectivity index (χ3n) is 2.77. The molecule has 6 nitrogen and oxygen atoms in total. The van der Waals surface area contributed by atoms with Crippen LogP contribution in [0.3, 0.4) is 0 Å². The van der Waals surface area contributed by atoms with E-state index in [1.807, 2.05) is 0 Å². The monoisotopic (exact) mass is 313 g/mol. The average Bonchev–Trinajstić information content (AvgIpc) is 2.43. The molecule has 1 rings (SSSR count). The first-order valence-corrected chi connectivity index (χ1v) is 7.99. The van der Waals surface area contributed by atoms with Gasteiger partial charge in [-0.3, -0.25) is 0 Å². The van der Waals surface area contributed by atoms with Crippen LogP contribution in [0, 0.1) is 0 Å². The second-order valence-corrected chi connectivity index (χ2v) is 6.36. The molecule has 1 aromatic carbocycles. The second kappa shape index (κ2) is 7.92. The van der Waals surface area contributed by atoms with E-state index < -0.39 is 16.0 Å². The number of carboxylic acids is 1. The number of hydrogen-bond acceptors (Lipinski definition) is 4. The quantitative estimate of drug-likeness (QED) is 0.708. The zero-order valence-electron chi connectivity index (χ0n) is 11.9. The number of carboxylic acid groups (broad SMARTS) is 1. The highest BCUT2D eigenvalue weighted by Crippen LogP contribution is 2.15. The Balaban J connectivity index is 2.71. The molecule has 2 N–H and O–H groups in total. The second-order valence-electron chi connectivity index (χ2n) is 4.49. The first-order valence-electron chi connectivity index (χ1n) is 6.34. The van der Waals surface area contributed by atoms with Crippen molar-refractivity contribution < 1.29 is 23.1 Å². The number of ether oxygens (including phenoxy) is 1. The van der Waals surface area contributed by atoms with Gasteiger partial charge in [-0.05, 0) is 24.1 Å². The van der Waals surface area contributed by atoms with E-state index in [-0.39, 0.29) is 18.4 Å². The lowest BCUT2D eigenvalue weighted by molar-refractivity contribution is -0.131. The molecule has 0 bridgehead atoms. The molecule has 0 aliphatic heterocycles. The minimum atomic E-state index is -3.39. The van der Waals surface area contributed by atoms with Gasteiger partial charge in [-0.15, -0.1) is 0 Å². The molecule has 0 radical (unpaired) electrons. The highest BCUT2D eigenvalue weighted by atomic mass is 32.2. The molecule has 0 aliphatic carbocycles. The van der Waals surface area contributed by atoms with Crippen molar-refractivity contribution in [3.63, 3.8) is 0 Å². The van der Waals surface area contributed by atoms with Gasteiger partial charge < -0.3 is 9.84 Å². The van der Waals surface area contributed by atoms with Gasteiger partial charge in [0.2, 0.25) is 10.0 Å². The fraction of sp³-hybridized carbons (Fsp3) is 0.357. The maximum absolute atomic E-state index is 11.8. The van der Waals surface area contributed by atoms with Crippen LogP contribution in [0.2, 0.25) is 0 Å². The number of rotatable bonds is 8. The highest BCUT2D eigenvalue weighted by Gasteiger charge is 2.15. The van der Waals surface area contributed by atoms with Crippen molar-refractivity contribution in [1.82, 2.24) is 4.72 Å². The Labute approximate surface area is 124 Å². The molecule has 1 atom stereocenters. The summed E-state index contributed by atoms with van der Waals surface area (Å²) in [6, 6.07) is 6.60. The normalized spacial score (nSPS) is 13.4. The van der Waals surface area contributed by atoms with Crippen LogP contribution >= 0.6 is 0 Å². The van der Waals surface area contributed by atoms with E-state index >= 15 is 0 Å². The fourth-order valence-electron chi connectivity index (χ4n) is 1.65. The summed E-state index contributed by atoms with van der Waals surface area (Å²) in [4.78, 5) is 10.4. The minimum absolute atomic E-state index is 0.0900. The van der Waals surface area contributed by atoms with E-state index in [9.17, 15) is 13.2 Å². The van der Waals surface area contributed by atoms with Gasteiger partial charge in [-0.1, -0.05) is 24.3 Å². The van der Waals surface area contributed by atoms with Gasteiger partial charge in [0.05, 0.1) is 12.4 Å². The standard InChI is InChI=1S/C14H19NO5S/c1-11(15-21(18,19)10-9-20-2)13-6-3-12(4-7-13)5-8-14(16)17/h3-8,11,15H,9-10H2,1-2H3,(H,16,17). The molecular weight excluding hydrogens is 294 g/mol. The van der Waals surface area contributed by atoms with Crippen molar-refractivity contribution in [2.45, 2.75) is 13.0 Å². The lowest BCUT2D eigenvalue weighted by Crippen LogP contribution is -2.30. The SMILES string of the molecule is COCCS(=O)(=O)NC(C)c1ccc(C=CC(=O)O)cc1. The molecule has 0 amide bonds. The van der Waals surface area contributed by atoms with Crippen molar-refractivity contribution in [3.8, 4) is 0 Å². The minimum Gasteiger partial charge on any atom is -0.478 e. The summed E-state index contributed by atoms with van der Waals surface area (Å²) in [6.07, 6.45) is 2.52. The van der Waals surface area contributed by atoms with Crippen molar-refractivity contribution in [2.75, 3.05) is 19.5 Å². The first-order chi connectivity index (χ1) is 9.84. The number of nitrogens with one attached hydrogen (secondary N) is 1. The molecular formula is C14H19NO5S. The van der Waals surface area contributed by atoms with Gasteiger partial charge in [0.15, 0.2) is 0 Å². The van der Waals surface area contributed by atoms with E-state index in [1.165, 1.54) is 13.2 Å². The van der Waals surface area contributed by atoms with Crippen LogP contribution in [0.4, 0.5) is 0 Å². The van der Waals surface area contributed by atoms with Crippen LogP contribution in [0.5, 0.6) is 0 Å². The van der Waals surface area contributed by atoms with Gasteiger partial charge in [0, 0.05) is 19.2 Å². The van der Waals surface area contributed by atoms with Crippen molar-refractivity contribution >= 4 is 22.1 Å². The Kier molecular flexibility index (Phi) is 6.54. The van der Waals surface area contributed by atoms with Crippen molar-refractivity contribution in [1.29, 1.82) is 0 Å². The Morgan fingerprint density at radius 3 is 2.52 bits per heavy atom. The number of carbonyl (C=O) groups is 1. The Hall–Kier alpha value is -1.70. The summed E-state index contributed by atoms with van der Waals surface area (Å²) in [5, 5.41) is 8.54. The highest BCUT2D eigenvalue weighted by molar-refractivity contribution is 7.89. The lowest BCUT2D eigenvalue weighted by atomic mass is 10.1. The maximum atomic E-state index is 11.8. The predicted octanol–water partition coefficient (Wildman–Crippen LogP) is 1.41. The van der Waals surface area contributed by atoms with Gasteiger partial charge in [-0.25, -0.2) is 17.9 Å². The number of benzene rings is 1. The van der Waals surface area contributed by atoms with Crippen LogP contribution in [0.15, 0.2) is 30.3 Å². The number of methoxy groups -OCH3 is 1. The topological polar surface area (TPSA) is 92.7 Å². The van der Waals surface area contributed by atoms with E-state index in [1.54, 1.807) is 31.2 Å².